The van der Waals surface area contributed by atoms with Crippen molar-refractivity contribution in [1.82, 2.24) is 34.7 Å². The second kappa shape index (κ2) is 7.59. The Hall–Kier alpha value is -2.19. The minimum Gasteiger partial charge on any atom is -0.338 e. The highest BCUT2D eigenvalue weighted by molar-refractivity contribution is 5.83. The summed E-state index contributed by atoms with van der Waals surface area (Å²) in [4.78, 5) is 17.3. The highest BCUT2D eigenvalue weighted by Gasteiger charge is 2.28. The first-order valence-corrected chi connectivity index (χ1v) is 9.06. The molecule has 3 rings (SSSR count). The molecule has 1 N–H and O–H groups in total. The molecule has 142 valence electrons. The fourth-order valence-electron chi connectivity index (χ4n) is 3.60. The topological polar surface area (TPSA) is 71.2 Å². The van der Waals surface area contributed by atoms with E-state index in [1.807, 2.05) is 36.9 Å². The molecule has 1 aliphatic heterocycles. The third-order valence-electron chi connectivity index (χ3n) is 5.32. The predicted molar refractivity (Wildman–Crippen MR) is 99.5 cm³/mol. The van der Waals surface area contributed by atoms with Crippen molar-refractivity contribution in [3.8, 4) is 0 Å². The van der Waals surface area contributed by atoms with Gasteiger partial charge in [-0.25, -0.2) is 0 Å². The van der Waals surface area contributed by atoms with Crippen LogP contribution in [0.5, 0.6) is 0 Å². The van der Waals surface area contributed by atoms with Crippen molar-refractivity contribution in [2.24, 2.45) is 14.1 Å². The molecule has 8 nitrogen and oxygen atoms in total. The summed E-state index contributed by atoms with van der Waals surface area (Å²) in [5, 5.41) is 11.8. The Morgan fingerprint density at radius 3 is 2.42 bits per heavy atom. The average molecular weight is 359 g/mol. The van der Waals surface area contributed by atoms with Crippen LogP contribution in [0, 0.1) is 13.8 Å². The van der Waals surface area contributed by atoms with E-state index < -0.39 is 0 Å². The molecule has 0 radical (unpaired) electrons. The molecule has 0 saturated carbocycles. The average Bonchev–Trinajstić information content (AvgIpc) is 3.15. The summed E-state index contributed by atoms with van der Waals surface area (Å²) in [5.41, 5.74) is 4.52. The van der Waals surface area contributed by atoms with Crippen molar-refractivity contribution in [3.05, 3.63) is 34.9 Å². The summed E-state index contributed by atoms with van der Waals surface area (Å²) in [6, 6.07) is -0.335. The molecular formula is C18H29N7O. The summed E-state index contributed by atoms with van der Waals surface area (Å²) in [6.45, 7) is 8.32. The van der Waals surface area contributed by atoms with Crippen LogP contribution < -0.4 is 5.32 Å². The predicted octanol–water partition coefficient (Wildman–Crippen LogP) is 0.375. The second-order valence-corrected chi connectivity index (χ2v) is 7.04. The number of aromatic nitrogens is 4. The lowest BCUT2D eigenvalue weighted by atomic mass is 10.1. The van der Waals surface area contributed by atoms with Crippen LogP contribution in [-0.2, 0) is 25.4 Å². The molecule has 1 saturated heterocycles. The number of piperazine rings is 1. The van der Waals surface area contributed by atoms with E-state index in [0.29, 0.717) is 0 Å². The number of amides is 1. The van der Waals surface area contributed by atoms with E-state index in [2.05, 4.69) is 34.3 Å². The van der Waals surface area contributed by atoms with Gasteiger partial charge in [-0.05, 0) is 20.9 Å². The molecule has 0 aromatic carbocycles. The first-order chi connectivity index (χ1) is 12.4. The van der Waals surface area contributed by atoms with Gasteiger partial charge in [-0.2, -0.15) is 10.2 Å². The van der Waals surface area contributed by atoms with Gasteiger partial charge in [-0.15, -0.1) is 0 Å². The number of likely N-dealkylation sites (N-methyl/N-ethyl adjacent to an activating group) is 1. The number of carbonyl (C=O) groups is 1. The van der Waals surface area contributed by atoms with Crippen molar-refractivity contribution in [2.45, 2.75) is 26.4 Å². The number of nitrogens with one attached hydrogen (secondary N) is 1. The normalized spacial score (nSPS) is 16.9. The molecule has 1 aliphatic rings. The third kappa shape index (κ3) is 3.66. The summed E-state index contributed by atoms with van der Waals surface area (Å²) < 4.78 is 3.67. The SMILES string of the molecule is CNC(C(=O)N1CCN(Cc2c(C)nn(C)c2C)CC1)c1cnn(C)c1. The number of carbonyl (C=O) groups excluding carboxylic acids is 1. The molecule has 0 aliphatic carbocycles. The van der Waals surface area contributed by atoms with Crippen LogP contribution in [0.4, 0.5) is 0 Å². The van der Waals surface area contributed by atoms with Crippen LogP contribution >= 0.6 is 0 Å². The van der Waals surface area contributed by atoms with E-state index in [1.54, 1.807) is 10.9 Å². The van der Waals surface area contributed by atoms with Crippen LogP contribution in [0.15, 0.2) is 12.4 Å². The van der Waals surface area contributed by atoms with Crippen LogP contribution in [0.3, 0.4) is 0 Å². The zero-order chi connectivity index (χ0) is 18.8. The maximum absolute atomic E-state index is 12.9. The first kappa shape index (κ1) is 18.6. The van der Waals surface area contributed by atoms with Gasteiger partial charge in [-0.1, -0.05) is 0 Å². The lowest BCUT2D eigenvalue weighted by Gasteiger charge is -2.36. The van der Waals surface area contributed by atoms with E-state index in [-0.39, 0.29) is 11.9 Å². The fourth-order valence-corrected chi connectivity index (χ4v) is 3.60. The molecule has 1 atom stereocenters. The summed E-state index contributed by atoms with van der Waals surface area (Å²) >= 11 is 0. The van der Waals surface area contributed by atoms with Gasteiger partial charge in [0.15, 0.2) is 0 Å². The summed E-state index contributed by atoms with van der Waals surface area (Å²) in [7, 11) is 5.67. The quantitative estimate of drug-likeness (QED) is 0.835. The fraction of sp³-hybridized carbons (Fsp3) is 0.611. The number of aryl methyl sites for hydroxylation is 3. The number of rotatable bonds is 5. The molecule has 0 bridgehead atoms. The van der Waals surface area contributed by atoms with Crippen molar-refractivity contribution in [1.29, 1.82) is 0 Å². The summed E-state index contributed by atoms with van der Waals surface area (Å²) in [5.74, 6) is 0.119. The molecular weight excluding hydrogens is 330 g/mol. The van der Waals surface area contributed by atoms with Gasteiger partial charge in [0.2, 0.25) is 5.91 Å². The van der Waals surface area contributed by atoms with Gasteiger partial charge in [0.25, 0.3) is 0 Å². The Kier molecular flexibility index (Phi) is 5.43. The maximum atomic E-state index is 12.9. The number of hydrogen-bond acceptors (Lipinski definition) is 5. The Balaban J connectivity index is 1.60. The molecule has 8 heteroatoms. The Labute approximate surface area is 154 Å². The lowest BCUT2D eigenvalue weighted by molar-refractivity contribution is -0.135. The lowest BCUT2D eigenvalue weighted by Crippen LogP contribution is -2.51. The van der Waals surface area contributed by atoms with Crippen molar-refractivity contribution in [3.63, 3.8) is 0 Å². The zero-order valence-electron chi connectivity index (χ0n) is 16.4. The molecule has 1 unspecified atom stereocenters. The molecule has 0 spiro atoms. The second-order valence-electron chi connectivity index (χ2n) is 7.04. The molecule has 2 aromatic rings. The van der Waals surface area contributed by atoms with Gasteiger partial charge < -0.3 is 10.2 Å². The molecule has 26 heavy (non-hydrogen) atoms. The third-order valence-corrected chi connectivity index (χ3v) is 5.32. The molecule has 1 fully saturated rings. The minimum absolute atomic E-state index is 0.119. The van der Waals surface area contributed by atoms with Crippen LogP contribution in [0.25, 0.3) is 0 Å². The Bertz CT molecular complexity index is 771. The van der Waals surface area contributed by atoms with Crippen LogP contribution in [0.1, 0.15) is 28.6 Å². The van der Waals surface area contributed by atoms with Crippen molar-refractivity contribution < 1.29 is 4.79 Å². The standard InChI is InChI=1S/C18H29N7O/c1-13-16(14(2)23(5)21-13)12-24-6-8-25(9-7-24)18(26)17(19-3)15-10-20-22(4)11-15/h10-11,17,19H,6-9,12H2,1-5H3. The Morgan fingerprint density at radius 2 is 1.92 bits per heavy atom. The molecule has 2 aromatic heterocycles. The van der Waals surface area contributed by atoms with Gasteiger partial charge in [0.1, 0.15) is 6.04 Å². The van der Waals surface area contributed by atoms with Crippen molar-refractivity contribution >= 4 is 5.91 Å². The highest BCUT2D eigenvalue weighted by Crippen LogP contribution is 2.19. The van der Waals surface area contributed by atoms with Crippen LogP contribution in [0.2, 0.25) is 0 Å². The summed E-state index contributed by atoms with van der Waals surface area (Å²) in [6.07, 6.45) is 3.65. The van der Waals surface area contributed by atoms with Gasteiger partial charge in [-0.3, -0.25) is 19.1 Å². The van der Waals surface area contributed by atoms with Gasteiger partial charge >= 0.3 is 0 Å². The maximum Gasteiger partial charge on any atom is 0.244 e. The van der Waals surface area contributed by atoms with Gasteiger partial charge in [0, 0.05) is 69.8 Å². The number of nitrogens with zero attached hydrogens (tertiary/aromatic N) is 6. The number of hydrogen-bond donors (Lipinski definition) is 1. The first-order valence-electron chi connectivity index (χ1n) is 9.06. The highest BCUT2D eigenvalue weighted by atomic mass is 16.2. The largest absolute Gasteiger partial charge is 0.338 e. The monoisotopic (exact) mass is 359 g/mol. The zero-order valence-corrected chi connectivity index (χ0v) is 16.4. The van der Waals surface area contributed by atoms with E-state index in [1.165, 1.54) is 11.3 Å². The van der Waals surface area contributed by atoms with E-state index in [9.17, 15) is 4.79 Å². The van der Waals surface area contributed by atoms with E-state index >= 15 is 0 Å². The van der Waals surface area contributed by atoms with Crippen LogP contribution in [-0.4, -0.2) is 68.5 Å². The Morgan fingerprint density at radius 1 is 1.23 bits per heavy atom. The van der Waals surface area contributed by atoms with E-state index in [0.717, 1.165) is 44.0 Å². The minimum atomic E-state index is -0.335. The van der Waals surface area contributed by atoms with Crippen molar-refractivity contribution in [2.75, 3.05) is 33.2 Å². The van der Waals surface area contributed by atoms with Gasteiger partial charge in [0.05, 0.1) is 11.9 Å². The smallest absolute Gasteiger partial charge is 0.244 e. The molecule has 3 heterocycles. The molecule has 1 amide bonds. The van der Waals surface area contributed by atoms with E-state index in [4.69, 9.17) is 0 Å².